The maximum atomic E-state index is 5.51. The first-order valence-corrected chi connectivity index (χ1v) is 8.94. The van der Waals surface area contributed by atoms with Gasteiger partial charge in [-0.05, 0) is 55.4 Å². The van der Waals surface area contributed by atoms with E-state index < -0.39 is 0 Å². The largest absolute Gasteiger partial charge is 0.378 e. The molecule has 3 nitrogen and oxygen atoms in total. The Labute approximate surface area is 135 Å². The van der Waals surface area contributed by atoms with Crippen molar-refractivity contribution in [3.05, 3.63) is 23.8 Å². The Morgan fingerprint density at radius 2 is 1.45 bits per heavy atom. The van der Waals surface area contributed by atoms with Crippen LogP contribution in [0.2, 0.25) is 0 Å². The van der Waals surface area contributed by atoms with Gasteiger partial charge in [-0.15, -0.1) is 0 Å². The number of morpholine rings is 1. The zero-order valence-electron chi connectivity index (χ0n) is 14.2. The summed E-state index contributed by atoms with van der Waals surface area (Å²) in [6.07, 6.45) is 5.22. The zero-order chi connectivity index (χ0) is 15.4. The fourth-order valence-electron chi connectivity index (χ4n) is 3.58. The molecule has 0 saturated carbocycles. The maximum Gasteiger partial charge on any atom is 0.0642 e. The molecule has 2 heterocycles. The van der Waals surface area contributed by atoms with Gasteiger partial charge in [0.2, 0.25) is 0 Å². The van der Waals surface area contributed by atoms with Crippen molar-refractivity contribution in [2.75, 3.05) is 49.2 Å². The first kappa shape index (κ1) is 15.7. The number of ether oxygens (including phenoxy) is 1. The molecule has 3 heteroatoms. The topological polar surface area (TPSA) is 15.7 Å². The Bertz CT molecular complexity index is 438. The van der Waals surface area contributed by atoms with Gasteiger partial charge in [0.15, 0.2) is 0 Å². The summed E-state index contributed by atoms with van der Waals surface area (Å²) in [5.41, 5.74) is 4.31. The first-order valence-electron chi connectivity index (χ1n) is 8.94. The van der Waals surface area contributed by atoms with Crippen LogP contribution in [0, 0.1) is 5.92 Å². The fourth-order valence-corrected chi connectivity index (χ4v) is 3.58. The van der Waals surface area contributed by atoms with Crippen LogP contribution in [0.25, 0.3) is 0 Å². The number of anilines is 2. The second-order valence-corrected chi connectivity index (χ2v) is 7.10. The quantitative estimate of drug-likeness (QED) is 0.843. The SMILES string of the molecule is CC(C)Cc1cc(N2CCCCC2)cc(N2CCOCC2)c1. The molecular weight excluding hydrogens is 272 g/mol. The van der Waals surface area contributed by atoms with Gasteiger partial charge in [0, 0.05) is 37.6 Å². The van der Waals surface area contributed by atoms with E-state index in [1.54, 1.807) is 0 Å². The summed E-state index contributed by atoms with van der Waals surface area (Å²) in [6.45, 7) is 10.8. The van der Waals surface area contributed by atoms with E-state index in [-0.39, 0.29) is 0 Å². The zero-order valence-corrected chi connectivity index (χ0v) is 14.2. The number of rotatable bonds is 4. The summed E-state index contributed by atoms with van der Waals surface area (Å²) in [6, 6.07) is 7.23. The highest BCUT2D eigenvalue weighted by molar-refractivity contribution is 5.62. The Morgan fingerprint density at radius 3 is 2.05 bits per heavy atom. The van der Waals surface area contributed by atoms with Crippen LogP contribution in [-0.2, 0) is 11.2 Å². The third kappa shape index (κ3) is 3.95. The lowest BCUT2D eigenvalue weighted by Gasteiger charge is -2.33. The Balaban J connectivity index is 1.86. The molecule has 0 aromatic heterocycles. The van der Waals surface area contributed by atoms with Crippen molar-refractivity contribution >= 4 is 11.4 Å². The van der Waals surface area contributed by atoms with Crippen molar-refractivity contribution < 1.29 is 4.74 Å². The van der Waals surface area contributed by atoms with Gasteiger partial charge in [-0.1, -0.05) is 13.8 Å². The van der Waals surface area contributed by atoms with E-state index in [0.29, 0.717) is 5.92 Å². The average Bonchev–Trinajstić information content (AvgIpc) is 2.55. The lowest BCUT2D eigenvalue weighted by atomic mass is 10.0. The number of hydrogen-bond acceptors (Lipinski definition) is 3. The lowest BCUT2D eigenvalue weighted by molar-refractivity contribution is 0.122. The van der Waals surface area contributed by atoms with Crippen LogP contribution >= 0.6 is 0 Å². The number of benzene rings is 1. The molecule has 0 unspecified atom stereocenters. The molecule has 3 rings (SSSR count). The Morgan fingerprint density at radius 1 is 0.864 bits per heavy atom. The molecule has 0 aliphatic carbocycles. The molecule has 1 aromatic carbocycles. The van der Waals surface area contributed by atoms with Crippen LogP contribution in [0.4, 0.5) is 11.4 Å². The molecule has 0 radical (unpaired) electrons. The molecule has 0 atom stereocenters. The minimum absolute atomic E-state index is 0.703. The number of nitrogens with zero attached hydrogens (tertiary/aromatic N) is 2. The van der Waals surface area contributed by atoms with Crippen LogP contribution in [0.3, 0.4) is 0 Å². The van der Waals surface area contributed by atoms with Gasteiger partial charge in [0.25, 0.3) is 0 Å². The predicted octanol–water partition coefficient (Wildman–Crippen LogP) is 3.71. The van der Waals surface area contributed by atoms with Gasteiger partial charge in [0.1, 0.15) is 0 Å². The summed E-state index contributed by atoms with van der Waals surface area (Å²) in [7, 11) is 0. The monoisotopic (exact) mass is 302 g/mol. The van der Waals surface area contributed by atoms with Gasteiger partial charge in [0.05, 0.1) is 13.2 Å². The lowest BCUT2D eigenvalue weighted by Crippen LogP contribution is -2.36. The van der Waals surface area contributed by atoms with Crippen LogP contribution in [0.1, 0.15) is 38.7 Å². The highest BCUT2D eigenvalue weighted by Gasteiger charge is 2.17. The summed E-state index contributed by atoms with van der Waals surface area (Å²) in [4.78, 5) is 5.07. The Hall–Kier alpha value is -1.22. The van der Waals surface area contributed by atoms with Crippen molar-refractivity contribution in [1.29, 1.82) is 0 Å². The minimum atomic E-state index is 0.703. The van der Waals surface area contributed by atoms with E-state index in [1.165, 1.54) is 55.7 Å². The molecule has 0 amide bonds. The van der Waals surface area contributed by atoms with Crippen molar-refractivity contribution in [1.82, 2.24) is 0 Å². The van der Waals surface area contributed by atoms with Crippen LogP contribution in [0.5, 0.6) is 0 Å². The predicted molar refractivity (Wildman–Crippen MR) is 94.1 cm³/mol. The van der Waals surface area contributed by atoms with Crippen molar-refractivity contribution in [2.45, 2.75) is 39.5 Å². The molecule has 0 spiro atoms. The van der Waals surface area contributed by atoms with Crippen molar-refractivity contribution in [2.24, 2.45) is 5.92 Å². The number of piperidine rings is 1. The van der Waals surface area contributed by atoms with Gasteiger partial charge >= 0.3 is 0 Å². The van der Waals surface area contributed by atoms with E-state index >= 15 is 0 Å². The van der Waals surface area contributed by atoms with Crippen LogP contribution < -0.4 is 9.80 Å². The molecule has 122 valence electrons. The summed E-state index contributed by atoms with van der Waals surface area (Å²) >= 11 is 0. The third-order valence-corrected chi connectivity index (χ3v) is 4.70. The standard InChI is InChI=1S/C19H30N2O/c1-16(2)12-17-13-18(20-6-4-3-5-7-20)15-19(14-17)21-8-10-22-11-9-21/h13-16H,3-12H2,1-2H3. The molecule has 2 aliphatic rings. The molecule has 0 bridgehead atoms. The van der Waals surface area contributed by atoms with Gasteiger partial charge < -0.3 is 14.5 Å². The second-order valence-electron chi connectivity index (χ2n) is 7.10. The normalized spacial score (nSPS) is 19.8. The highest BCUT2D eigenvalue weighted by Crippen LogP contribution is 2.29. The summed E-state index contributed by atoms with van der Waals surface area (Å²) < 4.78 is 5.51. The summed E-state index contributed by atoms with van der Waals surface area (Å²) in [5, 5.41) is 0. The second kappa shape index (κ2) is 7.36. The van der Waals surface area contributed by atoms with E-state index in [1.807, 2.05) is 0 Å². The summed E-state index contributed by atoms with van der Waals surface area (Å²) in [5.74, 6) is 0.703. The molecular formula is C19H30N2O. The van der Waals surface area contributed by atoms with E-state index in [2.05, 4.69) is 41.8 Å². The molecule has 1 aromatic rings. The van der Waals surface area contributed by atoms with E-state index in [0.717, 1.165) is 26.3 Å². The van der Waals surface area contributed by atoms with Gasteiger partial charge in [-0.3, -0.25) is 0 Å². The smallest absolute Gasteiger partial charge is 0.0642 e. The third-order valence-electron chi connectivity index (χ3n) is 4.70. The van der Waals surface area contributed by atoms with Crippen molar-refractivity contribution in [3.8, 4) is 0 Å². The molecule has 2 fully saturated rings. The van der Waals surface area contributed by atoms with Crippen molar-refractivity contribution in [3.63, 3.8) is 0 Å². The van der Waals surface area contributed by atoms with Crippen LogP contribution in [0.15, 0.2) is 18.2 Å². The molecule has 22 heavy (non-hydrogen) atoms. The molecule has 2 saturated heterocycles. The van der Waals surface area contributed by atoms with Gasteiger partial charge in [-0.25, -0.2) is 0 Å². The minimum Gasteiger partial charge on any atom is -0.378 e. The van der Waals surface area contributed by atoms with E-state index in [4.69, 9.17) is 4.74 Å². The molecule has 2 aliphatic heterocycles. The first-order chi connectivity index (χ1) is 10.7. The highest BCUT2D eigenvalue weighted by atomic mass is 16.5. The molecule has 0 N–H and O–H groups in total. The Kier molecular flexibility index (Phi) is 5.24. The van der Waals surface area contributed by atoms with E-state index in [9.17, 15) is 0 Å². The number of hydrogen-bond donors (Lipinski definition) is 0. The fraction of sp³-hybridized carbons (Fsp3) is 0.684. The van der Waals surface area contributed by atoms with Crippen LogP contribution in [-0.4, -0.2) is 39.4 Å². The maximum absolute atomic E-state index is 5.51. The van der Waals surface area contributed by atoms with Gasteiger partial charge in [-0.2, -0.15) is 0 Å². The average molecular weight is 302 g/mol.